The maximum atomic E-state index is 9.66. The molecule has 1 aliphatic rings. The van der Waals surface area contributed by atoms with Gasteiger partial charge in [0, 0.05) is 11.5 Å². The van der Waals surface area contributed by atoms with E-state index < -0.39 is 0 Å². The Morgan fingerprint density at radius 1 is 1.58 bits per heavy atom. The van der Waals surface area contributed by atoms with Gasteiger partial charge in [-0.25, -0.2) is 0 Å². The van der Waals surface area contributed by atoms with Gasteiger partial charge in [-0.1, -0.05) is 6.92 Å². The Morgan fingerprint density at radius 3 is 3.08 bits per heavy atom. The van der Waals surface area contributed by atoms with Crippen molar-refractivity contribution in [3.63, 3.8) is 0 Å². The highest BCUT2D eigenvalue weighted by molar-refractivity contribution is 9.10. The van der Waals surface area contributed by atoms with E-state index in [1.807, 2.05) is 13.0 Å². The lowest BCUT2D eigenvalue weighted by Crippen LogP contribution is -1.93. The van der Waals surface area contributed by atoms with Gasteiger partial charge in [0.2, 0.25) is 0 Å². The zero-order valence-electron chi connectivity index (χ0n) is 6.67. The maximum absolute atomic E-state index is 9.66. The van der Waals surface area contributed by atoms with Crippen LogP contribution in [0.3, 0.4) is 0 Å². The molecule has 0 saturated heterocycles. The van der Waals surface area contributed by atoms with Crippen LogP contribution in [-0.4, -0.2) is 11.7 Å². The van der Waals surface area contributed by atoms with E-state index in [-0.39, 0.29) is 5.92 Å². The molecule has 64 valence electrons. The third-order valence-corrected chi connectivity index (χ3v) is 2.75. The minimum Gasteiger partial charge on any atom is -0.506 e. The van der Waals surface area contributed by atoms with Gasteiger partial charge in [-0.2, -0.15) is 0 Å². The Hall–Kier alpha value is -0.700. The second-order valence-electron chi connectivity index (χ2n) is 3.02. The molecule has 1 atom stereocenters. The monoisotopic (exact) mass is 228 g/mol. The first-order chi connectivity index (χ1) is 5.70. The summed E-state index contributed by atoms with van der Waals surface area (Å²) in [5, 5.41) is 9.66. The topological polar surface area (TPSA) is 29.5 Å². The number of phenolic OH excluding ortho intramolecular Hbond substituents is 1. The van der Waals surface area contributed by atoms with Crippen molar-refractivity contribution in [2.24, 2.45) is 0 Å². The largest absolute Gasteiger partial charge is 0.506 e. The summed E-state index contributed by atoms with van der Waals surface area (Å²) in [5.41, 5.74) is 0.921. The van der Waals surface area contributed by atoms with Crippen LogP contribution in [0, 0.1) is 0 Å². The molecule has 0 bridgehead atoms. The summed E-state index contributed by atoms with van der Waals surface area (Å²) in [4.78, 5) is 0. The van der Waals surface area contributed by atoms with Crippen molar-refractivity contribution >= 4 is 15.9 Å². The van der Waals surface area contributed by atoms with Crippen LogP contribution in [0.5, 0.6) is 11.5 Å². The van der Waals surface area contributed by atoms with Crippen LogP contribution in [0.25, 0.3) is 0 Å². The van der Waals surface area contributed by atoms with Gasteiger partial charge < -0.3 is 9.84 Å². The molecule has 2 nitrogen and oxygen atoms in total. The average Bonchev–Trinajstić information content (AvgIpc) is 2.41. The molecule has 0 aliphatic carbocycles. The molecule has 0 spiro atoms. The molecule has 1 aliphatic heterocycles. The van der Waals surface area contributed by atoms with Gasteiger partial charge in [0.1, 0.15) is 11.5 Å². The third kappa shape index (κ3) is 1.00. The fourth-order valence-electron chi connectivity index (χ4n) is 1.46. The second kappa shape index (κ2) is 2.66. The highest BCUT2D eigenvalue weighted by atomic mass is 79.9. The zero-order valence-corrected chi connectivity index (χ0v) is 8.26. The van der Waals surface area contributed by atoms with E-state index in [9.17, 15) is 5.11 Å². The van der Waals surface area contributed by atoms with Crippen LogP contribution in [0.2, 0.25) is 0 Å². The quantitative estimate of drug-likeness (QED) is 0.740. The summed E-state index contributed by atoms with van der Waals surface area (Å²) < 4.78 is 6.10. The van der Waals surface area contributed by atoms with E-state index in [0.29, 0.717) is 12.4 Å². The summed E-state index contributed by atoms with van der Waals surface area (Å²) in [7, 11) is 0. The Labute approximate surface area is 79.3 Å². The Bertz CT molecular complexity index is 323. The number of ether oxygens (including phenoxy) is 1. The van der Waals surface area contributed by atoms with Crippen LogP contribution in [0.15, 0.2) is 16.6 Å². The molecule has 0 radical (unpaired) electrons. The van der Waals surface area contributed by atoms with E-state index in [4.69, 9.17) is 4.74 Å². The van der Waals surface area contributed by atoms with Crippen LogP contribution in [-0.2, 0) is 0 Å². The van der Waals surface area contributed by atoms with Crippen LogP contribution < -0.4 is 4.74 Å². The standard InChI is InChI=1S/C9H9BrO2/c1-5-4-12-7-3-2-6(10)9(11)8(5)7/h2-3,5,11H,4H2,1H3. The fourth-order valence-corrected chi connectivity index (χ4v) is 1.81. The van der Waals surface area contributed by atoms with E-state index in [2.05, 4.69) is 15.9 Å². The number of rotatable bonds is 0. The van der Waals surface area contributed by atoms with Crippen molar-refractivity contribution in [1.29, 1.82) is 0 Å². The molecule has 12 heavy (non-hydrogen) atoms. The fraction of sp³-hybridized carbons (Fsp3) is 0.333. The Kier molecular flexibility index (Phi) is 1.76. The molecule has 0 amide bonds. The third-order valence-electron chi connectivity index (χ3n) is 2.11. The van der Waals surface area contributed by atoms with Crippen LogP contribution in [0.1, 0.15) is 18.4 Å². The normalized spacial score (nSPS) is 20.3. The minimum atomic E-state index is 0.289. The van der Waals surface area contributed by atoms with Gasteiger partial charge in [-0.3, -0.25) is 0 Å². The SMILES string of the molecule is CC1COc2ccc(Br)c(O)c21. The van der Waals surface area contributed by atoms with Crippen LogP contribution >= 0.6 is 15.9 Å². The Balaban J connectivity index is 2.63. The Morgan fingerprint density at radius 2 is 2.33 bits per heavy atom. The molecule has 1 heterocycles. The van der Waals surface area contributed by atoms with E-state index in [1.165, 1.54) is 0 Å². The maximum Gasteiger partial charge on any atom is 0.137 e. The van der Waals surface area contributed by atoms with Gasteiger partial charge in [0.15, 0.2) is 0 Å². The number of hydrogen-bond donors (Lipinski definition) is 1. The number of halogens is 1. The lowest BCUT2D eigenvalue weighted by Gasteiger charge is -2.04. The van der Waals surface area contributed by atoms with Crippen molar-refractivity contribution in [2.75, 3.05) is 6.61 Å². The number of hydrogen-bond acceptors (Lipinski definition) is 2. The molecular weight excluding hydrogens is 220 g/mol. The first kappa shape index (κ1) is 7.92. The first-order valence-electron chi connectivity index (χ1n) is 3.84. The lowest BCUT2D eigenvalue weighted by atomic mass is 10.0. The van der Waals surface area contributed by atoms with Crippen molar-refractivity contribution in [3.05, 3.63) is 22.2 Å². The van der Waals surface area contributed by atoms with E-state index in [0.717, 1.165) is 15.8 Å². The summed E-state index contributed by atoms with van der Waals surface area (Å²) in [6, 6.07) is 3.68. The summed E-state index contributed by atoms with van der Waals surface area (Å²) in [6.07, 6.45) is 0. The minimum absolute atomic E-state index is 0.289. The number of aromatic hydroxyl groups is 1. The van der Waals surface area contributed by atoms with Crippen molar-refractivity contribution in [1.82, 2.24) is 0 Å². The van der Waals surface area contributed by atoms with Crippen LogP contribution in [0.4, 0.5) is 0 Å². The number of fused-ring (bicyclic) bond motifs is 1. The summed E-state index contributed by atoms with van der Waals surface area (Å²) in [6.45, 7) is 2.71. The van der Waals surface area contributed by atoms with Crippen molar-refractivity contribution in [2.45, 2.75) is 12.8 Å². The van der Waals surface area contributed by atoms with Crippen molar-refractivity contribution in [3.8, 4) is 11.5 Å². The predicted molar refractivity (Wildman–Crippen MR) is 49.7 cm³/mol. The van der Waals surface area contributed by atoms with Crippen molar-refractivity contribution < 1.29 is 9.84 Å². The van der Waals surface area contributed by atoms with Gasteiger partial charge in [0.25, 0.3) is 0 Å². The highest BCUT2D eigenvalue weighted by Crippen LogP contribution is 2.43. The second-order valence-corrected chi connectivity index (χ2v) is 3.87. The lowest BCUT2D eigenvalue weighted by molar-refractivity contribution is 0.337. The molecule has 1 unspecified atom stereocenters. The first-order valence-corrected chi connectivity index (χ1v) is 4.63. The molecular formula is C9H9BrO2. The highest BCUT2D eigenvalue weighted by Gasteiger charge is 2.24. The number of benzene rings is 1. The average molecular weight is 229 g/mol. The molecule has 1 N–H and O–H groups in total. The van der Waals surface area contributed by atoms with E-state index in [1.54, 1.807) is 6.07 Å². The van der Waals surface area contributed by atoms with Gasteiger partial charge in [-0.05, 0) is 28.1 Å². The molecule has 0 saturated carbocycles. The summed E-state index contributed by atoms with van der Waals surface area (Å²) >= 11 is 3.27. The molecule has 2 rings (SSSR count). The molecule has 1 aromatic carbocycles. The van der Waals surface area contributed by atoms with Gasteiger partial charge >= 0.3 is 0 Å². The molecule has 1 aromatic rings. The molecule has 0 aromatic heterocycles. The van der Waals surface area contributed by atoms with Gasteiger partial charge in [-0.15, -0.1) is 0 Å². The predicted octanol–water partition coefficient (Wildman–Crippen LogP) is 2.65. The molecule has 3 heteroatoms. The zero-order chi connectivity index (χ0) is 8.72. The summed E-state index contributed by atoms with van der Waals surface area (Å²) in [5.74, 6) is 1.41. The molecule has 0 fully saturated rings. The van der Waals surface area contributed by atoms with E-state index >= 15 is 0 Å². The number of phenols is 1. The smallest absolute Gasteiger partial charge is 0.137 e. The van der Waals surface area contributed by atoms with Gasteiger partial charge in [0.05, 0.1) is 11.1 Å².